The van der Waals surface area contributed by atoms with Crippen molar-refractivity contribution in [2.45, 2.75) is 13.5 Å². The molecule has 0 atom stereocenters. The molecule has 1 amide bonds. The van der Waals surface area contributed by atoms with Crippen LogP contribution in [0.1, 0.15) is 11.5 Å². The number of para-hydroxylation sites is 1. The van der Waals surface area contributed by atoms with Crippen LogP contribution in [0.2, 0.25) is 0 Å². The molecule has 0 spiro atoms. The van der Waals surface area contributed by atoms with Gasteiger partial charge in [0.15, 0.2) is 0 Å². The summed E-state index contributed by atoms with van der Waals surface area (Å²) in [6.45, 7) is 2.07. The second-order valence-electron chi connectivity index (χ2n) is 4.87. The Labute approximate surface area is 133 Å². The molecule has 6 nitrogen and oxygen atoms in total. The minimum Gasteiger partial charge on any atom is -0.419 e. The zero-order valence-corrected chi connectivity index (χ0v) is 12.5. The molecular formula is C17H15N3O3. The van der Waals surface area contributed by atoms with Crippen molar-refractivity contribution in [2.24, 2.45) is 0 Å². The van der Waals surface area contributed by atoms with Gasteiger partial charge in [0.2, 0.25) is 11.8 Å². The summed E-state index contributed by atoms with van der Waals surface area (Å²) in [7, 11) is 0. The molecule has 0 aliphatic heterocycles. The summed E-state index contributed by atoms with van der Waals surface area (Å²) in [5.41, 5.74) is 1.91. The van der Waals surface area contributed by atoms with Gasteiger partial charge < -0.3 is 14.5 Å². The van der Waals surface area contributed by atoms with Gasteiger partial charge in [0.25, 0.3) is 0 Å². The SMILES string of the molecule is Cc1ccccc1-c1nnc(CNC(=O)Oc2ccccc2)o1. The quantitative estimate of drug-likeness (QED) is 0.800. The van der Waals surface area contributed by atoms with Crippen LogP contribution in [-0.2, 0) is 6.54 Å². The van der Waals surface area contributed by atoms with E-state index in [1.165, 1.54) is 0 Å². The van der Waals surface area contributed by atoms with E-state index in [-0.39, 0.29) is 6.54 Å². The molecule has 2 aromatic carbocycles. The highest BCUT2D eigenvalue weighted by Crippen LogP contribution is 2.21. The third-order valence-electron chi connectivity index (χ3n) is 3.18. The standard InChI is InChI=1S/C17H15N3O3/c1-12-7-5-6-10-14(12)16-20-19-15(23-16)11-18-17(21)22-13-8-3-2-4-9-13/h2-10H,11H2,1H3,(H,18,21). The lowest BCUT2D eigenvalue weighted by atomic mass is 10.1. The van der Waals surface area contributed by atoms with Crippen molar-refractivity contribution in [2.75, 3.05) is 0 Å². The average Bonchev–Trinajstić information content (AvgIpc) is 3.03. The van der Waals surface area contributed by atoms with Gasteiger partial charge in [-0.2, -0.15) is 0 Å². The molecule has 0 unspecified atom stereocenters. The first-order chi connectivity index (χ1) is 11.2. The van der Waals surface area contributed by atoms with Gasteiger partial charge in [-0.15, -0.1) is 10.2 Å². The van der Waals surface area contributed by atoms with Gasteiger partial charge in [0, 0.05) is 5.56 Å². The molecule has 3 rings (SSSR count). The molecule has 1 N–H and O–H groups in total. The largest absolute Gasteiger partial charge is 0.419 e. The van der Waals surface area contributed by atoms with Gasteiger partial charge in [-0.25, -0.2) is 4.79 Å². The lowest BCUT2D eigenvalue weighted by Crippen LogP contribution is -2.26. The summed E-state index contributed by atoms with van der Waals surface area (Å²) in [5, 5.41) is 10.5. The number of nitrogens with zero attached hydrogens (tertiary/aromatic N) is 2. The molecule has 0 aliphatic rings. The van der Waals surface area contributed by atoms with Crippen molar-refractivity contribution >= 4 is 6.09 Å². The molecule has 3 aromatic rings. The van der Waals surface area contributed by atoms with Crippen molar-refractivity contribution in [1.29, 1.82) is 0 Å². The Morgan fingerprint density at radius 1 is 1.09 bits per heavy atom. The van der Waals surface area contributed by atoms with Crippen LogP contribution in [0.5, 0.6) is 5.75 Å². The fourth-order valence-electron chi connectivity index (χ4n) is 2.03. The summed E-state index contributed by atoms with van der Waals surface area (Å²) < 4.78 is 10.7. The van der Waals surface area contributed by atoms with Crippen molar-refractivity contribution in [3.8, 4) is 17.2 Å². The van der Waals surface area contributed by atoms with Crippen molar-refractivity contribution in [3.63, 3.8) is 0 Å². The van der Waals surface area contributed by atoms with Crippen LogP contribution in [0.25, 0.3) is 11.5 Å². The zero-order valence-electron chi connectivity index (χ0n) is 12.5. The van der Waals surface area contributed by atoms with E-state index in [2.05, 4.69) is 15.5 Å². The molecule has 23 heavy (non-hydrogen) atoms. The van der Waals surface area contributed by atoms with Gasteiger partial charge in [0.1, 0.15) is 5.75 Å². The Hall–Kier alpha value is -3.15. The number of carbonyl (C=O) groups is 1. The molecular weight excluding hydrogens is 294 g/mol. The number of nitrogens with one attached hydrogen (secondary N) is 1. The maximum Gasteiger partial charge on any atom is 0.413 e. The summed E-state index contributed by atoms with van der Waals surface area (Å²) in [5.74, 6) is 1.21. The second-order valence-corrected chi connectivity index (χ2v) is 4.87. The Morgan fingerprint density at radius 2 is 1.83 bits per heavy atom. The van der Waals surface area contributed by atoms with Crippen LogP contribution in [-0.4, -0.2) is 16.3 Å². The Morgan fingerprint density at radius 3 is 2.61 bits per heavy atom. The Kier molecular flexibility index (Phi) is 4.33. The van der Waals surface area contributed by atoms with Gasteiger partial charge in [-0.1, -0.05) is 36.4 Å². The highest BCUT2D eigenvalue weighted by Gasteiger charge is 2.12. The second kappa shape index (κ2) is 6.74. The average molecular weight is 309 g/mol. The maximum atomic E-state index is 11.7. The molecule has 6 heteroatoms. The number of rotatable bonds is 4. The topological polar surface area (TPSA) is 77.2 Å². The van der Waals surface area contributed by atoms with E-state index in [1.807, 2.05) is 37.3 Å². The smallest absolute Gasteiger partial charge is 0.413 e. The minimum atomic E-state index is -0.577. The fourth-order valence-corrected chi connectivity index (χ4v) is 2.03. The number of hydrogen-bond donors (Lipinski definition) is 1. The number of hydrogen-bond acceptors (Lipinski definition) is 5. The summed E-state index contributed by atoms with van der Waals surface area (Å²) >= 11 is 0. The number of ether oxygens (including phenoxy) is 1. The molecule has 1 aromatic heterocycles. The molecule has 0 aliphatic carbocycles. The van der Waals surface area contributed by atoms with Gasteiger partial charge in [-0.05, 0) is 30.7 Å². The number of aromatic nitrogens is 2. The van der Waals surface area contributed by atoms with Crippen LogP contribution in [0.4, 0.5) is 4.79 Å². The molecule has 0 saturated heterocycles. The van der Waals surface area contributed by atoms with E-state index in [0.29, 0.717) is 17.5 Å². The number of aryl methyl sites for hydroxylation is 1. The number of benzene rings is 2. The molecule has 116 valence electrons. The minimum absolute atomic E-state index is 0.102. The zero-order chi connectivity index (χ0) is 16.1. The van der Waals surface area contributed by atoms with Crippen molar-refractivity contribution in [1.82, 2.24) is 15.5 Å². The monoisotopic (exact) mass is 309 g/mol. The molecule has 0 radical (unpaired) electrons. The molecule has 1 heterocycles. The van der Waals surface area contributed by atoms with E-state index in [1.54, 1.807) is 24.3 Å². The van der Waals surface area contributed by atoms with E-state index in [4.69, 9.17) is 9.15 Å². The van der Waals surface area contributed by atoms with E-state index in [9.17, 15) is 4.79 Å². The Balaban J connectivity index is 1.59. The first-order valence-corrected chi connectivity index (χ1v) is 7.11. The van der Waals surface area contributed by atoms with E-state index < -0.39 is 6.09 Å². The van der Waals surface area contributed by atoms with E-state index in [0.717, 1.165) is 11.1 Å². The van der Waals surface area contributed by atoms with Crippen molar-refractivity contribution in [3.05, 3.63) is 66.1 Å². The van der Waals surface area contributed by atoms with Crippen molar-refractivity contribution < 1.29 is 13.9 Å². The third kappa shape index (κ3) is 3.74. The molecule has 0 bridgehead atoms. The summed E-state index contributed by atoms with van der Waals surface area (Å²) in [6, 6.07) is 16.5. The number of carbonyl (C=O) groups excluding carboxylic acids is 1. The van der Waals surface area contributed by atoms with Crippen LogP contribution in [0, 0.1) is 6.92 Å². The first-order valence-electron chi connectivity index (χ1n) is 7.11. The highest BCUT2D eigenvalue weighted by molar-refractivity contribution is 5.70. The normalized spacial score (nSPS) is 10.3. The maximum absolute atomic E-state index is 11.7. The predicted molar refractivity (Wildman–Crippen MR) is 83.8 cm³/mol. The lowest BCUT2D eigenvalue weighted by molar-refractivity contribution is 0.198. The highest BCUT2D eigenvalue weighted by atomic mass is 16.6. The third-order valence-corrected chi connectivity index (χ3v) is 3.18. The molecule has 0 fully saturated rings. The number of amides is 1. The summed E-state index contributed by atoms with van der Waals surface area (Å²) in [6.07, 6.45) is -0.577. The van der Waals surface area contributed by atoms with Crippen LogP contribution in [0.15, 0.2) is 59.0 Å². The van der Waals surface area contributed by atoms with Crippen LogP contribution < -0.4 is 10.1 Å². The predicted octanol–water partition coefficient (Wildman–Crippen LogP) is 3.33. The van der Waals surface area contributed by atoms with Crippen LogP contribution in [0.3, 0.4) is 0 Å². The molecule has 0 saturated carbocycles. The first kappa shape index (κ1) is 14.8. The van der Waals surface area contributed by atoms with Crippen LogP contribution >= 0.6 is 0 Å². The van der Waals surface area contributed by atoms with E-state index >= 15 is 0 Å². The fraction of sp³-hybridized carbons (Fsp3) is 0.118. The van der Waals surface area contributed by atoms with Gasteiger partial charge in [0.05, 0.1) is 6.54 Å². The van der Waals surface area contributed by atoms with Gasteiger partial charge in [-0.3, -0.25) is 0 Å². The summed E-state index contributed by atoms with van der Waals surface area (Å²) in [4.78, 5) is 11.7. The lowest BCUT2D eigenvalue weighted by Gasteiger charge is -2.04. The van der Waals surface area contributed by atoms with Gasteiger partial charge >= 0.3 is 6.09 Å². The Bertz CT molecular complexity index is 800.